The highest BCUT2D eigenvalue weighted by Crippen LogP contribution is 2.37. The minimum atomic E-state index is 0. The SMILES string of the molecule is C=CCC1CCC(C)C(CC/C=C\CCC)C1.O. The topological polar surface area (TPSA) is 31.5 Å². The van der Waals surface area contributed by atoms with Gasteiger partial charge in [-0.3, -0.25) is 0 Å². The van der Waals surface area contributed by atoms with E-state index in [9.17, 15) is 0 Å². The molecule has 1 rings (SSSR count). The fourth-order valence-electron chi connectivity index (χ4n) is 3.08. The van der Waals surface area contributed by atoms with E-state index in [1.165, 1.54) is 51.4 Å². The van der Waals surface area contributed by atoms with Gasteiger partial charge in [0.25, 0.3) is 0 Å². The highest BCUT2D eigenvalue weighted by Gasteiger charge is 2.26. The van der Waals surface area contributed by atoms with Crippen LogP contribution in [0.15, 0.2) is 24.8 Å². The minimum absolute atomic E-state index is 0. The molecule has 1 fully saturated rings. The van der Waals surface area contributed by atoms with Crippen LogP contribution in [-0.4, -0.2) is 5.48 Å². The van der Waals surface area contributed by atoms with Crippen molar-refractivity contribution in [3.05, 3.63) is 24.8 Å². The lowest BCUT2D eigenvalue weighted by molar-refractivity contribution is 0.185. The van der Waals surface area contributed by atoms with Gasteiger partial charge >= 0.3 is 0 Å². The summed E-state index contributed by atoms with van der Waals surface area (Å²) in [6.45, 7) is 8.58. The number of allylic oxidation sites excluding steroid dienone is 3. The van der Waals surface area contributed by atoms with Gasteiger partial charge in [0.15, 0.2) is 0 Å². The monoisotopic (exact) mass is 252 g/mol. The summed E-state index contributed by atoms with van der Waals surface area (Å²) in [5.74, 6) is 2.82. The van der Waals surface area contributed by atoms with E-state index in [1.807, 2.05) is 0 Å². The molecule has 1 saturated carbocycles. The predicted molar refractivity (Wildman–Crippen MR) is 81.7 cm³/mol. The first-order valence-electron chi connectivity index (χ1n) is 7.53. The summed E-state index contributed by atoms with van der Waals surface area (Å²) in [4.78, 5) is 0. The van der Waals surface area contributed by atoms with Crippen LogP contribution in [0.2, 0.25) is 0 Å². The summed E-state index contributed by atoms with van der Waals surface area (Å²) in [5, 5.41) is 0. The molecule has 0 aromatic heterocycles. The van der Waals surface area contributed by atoms with E-state index < -0.39 is 0 Å². The normalized spacial score (nSPS) is 28.0. The molecule has 3 atom stereocenters. The fraction of sp³-hybridized carbons (Fsp3) is 0.765. The summed E-state index contributed by atoms with van der Waals surface area (Å²) in [5.41, 5.74) is 0. The van der Waals surface area contributed by atoms with E-state index >= 15 is 0 Å². The summed E-state index contributed by atoms with van der Waals surface area (Å²) in [6.07, 6.45) is 17.6. The van der Waals surface area contributed by atoms with Gasteiger partial charge in [-0.15, -0.1) is 6.58 Å². The maximum Gasteiger partial charge on any atom is -0.0325 e. The molecule has 18 heavy (non-hydrogen) atoms. The second kappa shape index (κ2) is 10.4. The van der Waals surface area contributed by atoms with Gasteiger partial charge in [0.1, 0.15) is 0 Å². The lowest BCUT2D eigenvalue weighted by Crippen LogP contribution is -2.22. The van der Waals surface area contributed by atoms with Gasteiger partial charge in [-0.05, 0) is 56.3 Å². The molecule has 2 N–H and O–H groups in total. The minimum Gasteiger partial charge on any atom is -0.412 e. The van der Waals surface area contributed by atoms with Crippen LogP contribution in [0.5, 0.6) is 0 Å². The molecular weight excluding hydrogens is 220 g/mol. The van der Waals surface area contributed by atoms with E-state index in [0.29, 0.717) is 0 Å². The summed E-state index contributed by atoms with van der Waals surface area (Å²) < 4.78 is 0. The highest BCUT2D eigenvalue weighted by atomic mass is 16.0. The molecule has 0 radical (unpaired) electrons. The number of unbranched alkanes of at least 4 members (excludes halogenated alkanes) is 1. The Morgan fingerprint density at radius 3 is 2.56 bits per heavy atom. The zero-order valence-electron chi connectivity index (χ0n) is 12.3. The maximum atomic E-state index is 3.88. The van der Waals surface area contributed by atoms with Gasteiger partial charge in [-0.2, -0.15) is 0 Å². The van der Waals surface area contributed by atoms with Crippen LogP contribution in [-0.2, 0) is 0 Å². The zero-order chi connectivity index (χ0) is 12.5. The van der Waals surface area contributed by atoms with E-state index in [4.69, 9.17) is 0 Å². The quantitative estimate of drug-likeness (QED) is 0.576. The largest absolute Gasteiger partial charge is 0.412 e. The summed E-state index contributed by atoms with van der Waals surface area (Å²) >= 11 is 0. The van der Waals surface area contributed by atoms with Crippen molar-refractivity contribution in [3.8, 4) is 0 Å². The van der Waals surface area contributed by atoms with Crippen LogP contribution in [0.3, 0.4) is 0 Å². The predicted octanol–water partition coefficient (Wildman–Crippen LogP) is 4.93. The molecule has 0 bridgehead atoms. The van der Waals surface area contributed by atoms with E-state index in [2.05, 4.69) is 38.7 Å². The van der Waals surface area contributed by atoms with Crippen molar-refractivity contribution < 1.29 is 5.48 Å². The molecule has 0 amide bonds. The molecule has 1 aliphatic carbocycles. The van der Waals surface area contributed by atoms with Crippen LogP contribution >= 0.6 is 0 Å². The second-order valence-corrected chi connectivity index (χ2v) is 5.78. The Balaban J connectivity index is 0.00000289. The Morgan fingerprint density at radius 1 is 1.17 bits per heavy atom. The Morgan fingerprint density at radius 2 is 1.89 bits per heavy atom. The van der Waals surface area contributed by atoms with Crippen molar-refractivity contribution in [2.45, 2.75) is 65.2 Å². The van der Waals surface area contributed by atoms with Crippen LogP contribution in [0.1, 0.15) is 65.2 Å². The van der Waals surface area contributed by atoms with E-state index in [-0.39, 0.29) is 5.48 Å². The molecule has 0 aliphatic heterocycles. The first kappa shape index (κ1) is 17.4. The Kier molecular flexibility index (Phi) is 10.0. The zero-order valence-corrected chi connectivity index (χ0v) is 12.3. The van der Waals surface area contributed by atoms with Gasteiger partial charge in [0, 0.05) is 0 Å². The third-order valence-corrected chi connectivity index (χ3v) is 4.30. The average Bonchev–Trinajstić information content (AvgIpc) is 2.33. The molecule has 106 valence electrons. The van der Waals surface area contributed by atoms with Crippen molar-refractivity contribution in [3.63, 3.8) is 0 Å². The molecule has 0 heterocycles. The van der Waals surface area contributed by atoms with Crippen LogP contribution in [0.25, 0.3) is 0 Å². The third-order valence-electron chi connectivity index (χ3n) is 4.30. The summed E-state index contributed by atoms with van der Waals surface area (Å²) in [7, 11) is 0. The molecule has 1 nitrogen and oxygen atoms in total. The van der Waals surface area contributed by atoms with Gasteiger partial charge in [0.2, 0.25) is 0 Å². The molecule has 0 saturated heterocycles. The van der Waals surface area contributed by atoms with Crippen LogP contribution < -0.4 is 0 Å². The lowest BCUT2D eigenvalue weighted by atomic mass is 9.72. The first-order valence-corrected chi connectivity index (χ1v) is 7.53. The molecule has 0 aromatic carbocycles. The fourth-order valence-corrected chi connectivity index (χ4v) is 3.08. The molecule has 0 aromatic rings. The number of hydrogen-bond donors (Lipinski definition) is 0. The molecular formula is C17H32O. The maximum absolute atomic E-state index is 3.88. The molecule has 1 heteroatoms. The van der Waals surface area contributed by atoms with E-state index in [0.717, 1.165) is 17.8 Å². The van der Waals surface area contributed by atoms with Gasteiger partial charge in [0.05, 0.1) is 0 Å². The third kappa shape index (κ3) is 6.39. The van der Waals surface area contributed by atoms with Gasteiger partial charge < -0.3 is 5.48 Å². The van der Waals surface area contributed by atoms with E-state index in [1.54, 1.807) is 0 Å². The molecule has 0 spiro atoms. The standard InChI is InChI=1S/C17H30.H2O/c1-4-6-7-8-9-11-17-14-16(10-5-2)13-12-15(17)3;/h5,7-8,15-17H,2,4,6,9-14H2,1,3H3;1H2/b8-7-;. The Labute approximate surface area is 114 Å². The van der Waals surface area contributed by atoms with Crippen LogP contribution in [0, 0.1) is 17.8 Å². The molecule has 3 unspecified atom stereocenters. The van der Waals surface area contributed by atoms with Gasteiger partial charge in [-0.25, -0.2) is 0 Å². The number of rotatable bonds is 7. The smallest absolute Gasteiger partial charge is 0.0325 e. The van der Waals surface area contributed by atoms with Crippen LogP contribution in [0.4, 0.5) is 0 Å². The first-order chi connectivity index (χ1) is 8.27. The van der Waals surface area contributed by atoms with Crippen molar-refractivity contribution in [2.75, 3.05) is 0 Å². The second-order valence-electron chi connectivity index (χ2n) is 5.78. The Bertz CT molecular complexity index is 232. The van der Waals surface area contributed by atoms with Crippen molar-refractivity contribution >= 4 is 0 Å². The van der Waals surface area contributed by atoms with Crippen molar-refractivity contribution in [1.29, 1.82) is 0 Å². The summed E-state index contributed by atoms with van der Waals surface area (Å²) in [6, 6.07) is 0. The van der Waals surface area contributed by atoms with Crippen molar-refractivity contribution in [1.82, 2.24) is 0 Å². The molecule has 1 aliphatic rings. The average molecular weight is 252 g/mol. The number of hydrogen-bond acceptors (Lipinski definition) is 0. The van der Waals surface area contributed by atoms with Gasteiger partial charge in [-0.1, -0.05) is 44.9 Å². The lowest BCUT2D eigenvalue weighted by Gasteiger charge is -2.34. The van der Waals surface area contributed by atoms with Crippen molar-refractivity contribution in [2.24, 2.45) is 17.8 Å². The highest BCUT2D eigenvalue weighted by molar-refractivity contribution is 4.86. The Hall–Kier alpha value is -0.560.